The number of hydrogen-bond donors (Lipinski definition) is 0. The quantitative estimate of drug-likeness (QED) is 0.287. The number of fused-ring (bicyclic) bond motifs is 1. The Morgan fingerprint density at radius 2 is 1.56 bits per heavy atom. The first-order chi connectivity index (χ1) is 16.5. The second-order valence-electron chi connectivity index (χ2n) is 7.11. The molecule has 0 bridgehead atoms. The van der Waals surface area contributed by atoms with Crippen LogP contribution in [0.1, 0.15) is 26.3 Å². The largest absolute Gasteiger partial charge is 0.496 e. The van der Waals surface area contributed by atoms with Crippen molar-refractivity contribution >= 4 is 17.8 Å². The highest BCUT2D eigenvalue weighted by atomic mass is 16.5. The molecule has 4 rings (SSSR count). The van der Waals surface area contributed by atoms with Gasteiger partial charge in [-0.15, -0.1) is 0 Å². The molecule has 1 heterocycles. The smallest absolute Gasteiger partial charge is 0.347 e. The molecule has 34 heavy (non-hydrogen) atoms. The van der Waals surface area contributed by atoms with Gasteiger partial charge in [-0.1, -0.05) is 12.1 Å². The number of Topliss-reactive ketones (excluding diaryl/α,β-unsaturated/α-hetero) is 1. The average Bonchev–Trinajstić information content (AvgIpc) is 3.17. The Bertz CT molecular complexity index is 1290. The summed E-state index contributed by atoms with van der Waals surface area (Å²) in [5, 5.41) is 0. The van der Waals surface area contributed by atoms with Gasteiger partial charge in [0.15, 0.2) is 17.3 Å². The topological polar surface area (TPSA) is 89.5 Å². The molecule has 0 fully saturated rings. The first-order valence-electron chi connectivity index (χ1n) is 10.2. The van der Waals surface area contributed by atoms with Crippen molar-refractivity contribution in [1.29, 1.82) is 0 Å². The minimum Gasteiger partial charge on any atom is -0.496 e. The molecule has 3 aromatic rings. The molecule has 0 aliphatic carbocycles. The van der Waals surface area contributed by atoms with Gasteiger partial charge in [0.1, 0.15) is 22.8 Å². The van der Waals surface area contributed by atoms with Gasteiger partial charge in [-0.05, 0) is 42.5 Å². The predicted molar refractivity (Wildman–Crippen MR) is 123 cm³/mol. The van der Waals surface area contributed by atoms with Gasteiger partial charge < -0.3 is 28.4 Å². The van der Waals surface area contributed by atoms with Crippen molar-refractivity contribution in [3.05, 3.63) is 77.0 Å². The lowest BCUT2D eigenvalue weighted by Gasteiger charge is -2.14. The summed E-state index contributed by atoms with van der Waals surface area (Å²) in [6.45, 7) is 0. The molecular weight excluding hydrogens is 440 g/mol. The number of carbonyl (C=O) groups excluding carboxylic acids is 2. The maximum Gasteiger partial charge on any atom is 0.347 e. The van der Waals surface area contributed by atoms with E-state index in [4.69, 9.17) is 28.4 Å². The number of carbonyl (C=O) groups is 2. The van der Waals surface area contributed by atoms with E-state index in [-0.39, 0.29) is 28.6 Å². The summed E-state index contributed by atoms with van der Waals surface area (Å²) >= 11 is 0. The van der Waals surface area contributed by atoms with E-state index >= 15 is 0 Å². The summed E-state index contributed by atoms with van der Waals surface area (Å²) in [7, 11) is 5.99. The van der Waals surface area contributed by atoms with Gasteiger partial charge in [0.05, 0.1) is 34.0 Å². The number of hydrogen-bond acceptors (Lipinski definition) is 8. The lowest BCUT2D eigenvalue weighted by Crippen LogP contribution is -2.10. The van der Waals surface area contributed by atoms with Gasteiger partial charge in [-0.2, -0.15) is 0 Å². The molecule has 0 unspecified atom stereocenters. The first-order valence-corrected chi connectivity index (χ1v) is 10.2. The van der Waals surface area contributed by atoms with E-state index < -0.39 is 5.97 Å². The highest BCUT2D eigenvalue weighted by molar-refractivity contribution is 6.14. The van der Waals surface area contributed by atoms with E-state index in [9.17, 15) is 9.59 Å². The summed E-state index contributed by atoms with van der Waals surface area (Å²) in [5.74, 6) is 1.38. The lowest BCUT2D eigenvalue weighted by atomic mass is 10.1. The van der Waals surface area contributed by atoms with E-state index in [1.54, 1.807) is 48.5 Å². The van der Waals surface area contributed by atoms with Crippen molar-refractivity contribution < 1.29 is 38.0 Å². The fourth-order valence-corrected chi connectivity index (χ4v) is 3.59. The van der Waals surface area contributed by atoms with Crippen LogP contribution in [0.5, 0.6) is 34.5 Å². The van der Waals surface area contributed by atoms with Crippen LogP contribution in [0.15, 0.2) is 60.4 Å². The zero-order chi connectivity index (χ0) is 24.2. The molecule has 0 N–H and O–H groups in total. The van der Waals surface area contributed by atoms with E-state index in [0.29, 0.717) is 34.1 Å². The maximum atomic E-state index is 12.9. The molecule has 0 saturated carbocycles. The lowest BCUT2D eigenvalue weighted by molar-refractivity contribution is 0.0731. The summed E-state index contributed by atoms with van der Waals surface area (Å²) in [6.07, 6.45) is 1.56. The number of benzene rings is 3. The number of methoxy groups -OCH3 is 4. The zero-order valence-corrected chi connectivity index (χ0v) is 19.0. The second kappa shape index (κ2) is 9.58. The van der Waals surface area contributed by atoms with Gasteiger partial charge in [0.2, 0.25) is 11.5 Å². The molecule has 0 radical (unpaired) electrons. The molecule has 0 saturated heterocycles. The third-order valence-electron chi connectivity index (χ3n) is 5.20. The number of para-hydroxylation sites is 1. The molecule has 0 spiro atoms. The molecule has 0 aromatic heterocycles. The number of ketones is 1. The Labute approximate surface area is 196 Å². The molecular formula is C26H22O8. The fourth-order valence-electron chi connectivity index (χ4n) is 3.59. The molecule has 0 atom stereocenters. The van der Waals surface area contributed by atoms with Crippen LogP contribution >= 0.6 is 0 Å². The van der Waals surface area contributed by atoms with Crippen molar-refractivity contribution in [2.75, 3.05) is 28.4 Å². The number of rotatable bonds is 7. The van der Waals surface area contributed by atoms with Crippen LogP contribution in [0.25, 0.3) is 6.08 Å². The fraction of sp³-hybridized carbons (Fsp3) is 0.154. The summed E-state index contributed by atoms with van der Waals surface area (Å²) in [4.78, 5) is 25.5. The Hall–Kier alpha value is -4.46. The van der Waals surface area contributed by atoms with Crippen LogP contribution in [0.2, 0.25) is 0 Å². The van der Waals surface area contributed by atoms with E-state index in [1.165, 1.54) is 40.6 Å². The van der Waals surface area contributed by atoms with Gasteiger partial charge in [-0.25, -0.2) is 4.79 Å². The van der Waals surface area contributed by atoms with Crippen LogP contribution in [0, 0.1) is 0 Å². The molecule has 8 heteroatoms. The van der Waals surface area contributed by atoms with Gasteiger partial charge in [0.25, 0.3) is 0 Å². The monoisotopic (exact) mass is 462 g/mol. The maximum absolute atomic E-state index is 12.9. The van der Waals surface area contributed by atoms with E-state index in [1.807, 2.05) is 0 Å². The SMILES string of the molecule is COc1ccccc1C(=O)Oc1ccc2c(c1)OC(=Cc1ccc(OC)c(OC)c1OC)C2=O. The van der Waals surface area contributed by atoms with Gasteiger partial charge in [0, 0.05) is 11.6 Å². The molecule has 174 valence electrons. The molecule has 8 nitrogen and oxygen atoms in total. The third kappa shape index (κ3) is 4.13. The average molecular weight is 462 g/mol. The highest BCUT2D eigenvalue weighted by Gasteiger charge is 2.29. The van der Waals surface area contributed by atoms with Crippen LogP contribution in [-0.2, 0) is 0 Å². The Morgan fingerprint density at radius 1 is 0.824 bits per heavy atom. The predicted octanol–water partition coefficient (Wildman–Crippen LogP) is 4.56. The normalized spacial score (nSPS) is 13.2. The molecule has 1 aliphatic heterocycles. The summed E-state index contributed by atoms with van der Waals surface area (Å²) in [6, 6.07) is 14.8. The Balaban J connectivity index is 1.61. The van der Waals surface area contributed by atoms with E-state index in [2.05, 4.69) is 0 Å². The van der Waals surface area contributed by atoms with Gasteiger partial charge >= 0.3 is 5.97 Å². The Kier molecular flexibility index (Phi) is 6.40. The summed E-state index contributed by atoms with van der Waals surface area (Å²) in [5.41, 5.74) is 1.20. The van der Waals surface area contributed by atoms with Crippen molar-refractivity contribution in [2.24, 2.45) is 0 Å². The van der Waals surface area contributed by atoms with Crippen LogP contribution in [0.4, 0.5) is 0 Å². The van der Waals surface area contributed by atoms with Gasteiger partial charge in [-0.3, -0.25) is 4.79 Å². The molecule has 3 aromatic carbocycles. The molecule has 1 aliphatic rings. The number of esters is 1. The van der Waals surface area contributed by atoms with Crippen molar-refractivity contribution in [3.8, 4) is 34.5 Å². The van der Waals surface area contributed by atoms with Crippen LogP contribution < -0.4 is 28.4 Å². The van der Waals surface area contributed by atoms with Crippen LogP contribution in [-0.4, -0.2) is 40.2 Å². The highest BCUT2D eigenvalue weighted by Crippen LogP contribution is 2.42. The van der Waals surface area contributed by atoms with Crippen LogP contribution in [0.3, 0.4) is 0 Å². The van der Waals surface area contributed by atoms with Crippen molar-refractivity contribution in [3.63, 3.8) is 0 Å². The molecule has 0 amide bonds. The standard InChI is InChI=1S/C26H22O8/c1-29-19-8-6-5-7-18(19)26(28)33-16-10-11-17-21(14-16)34-22(23(17)27)13-15-9-12-20(30-2)25(32-4)24(15)31-3/h5-14H,1-4H3. The number of ether oxygens (including phenoxy) is 6. The third-order valence-corrected chi connectivity index (χ3v) is 5.20. The van der Waals surface area contributed by atoms with Crippen molar-refractivity contribution in [1.82, 2.24) is 0 Å². The number of allylic oxidation sites excluding steroid dienone is 1. The minimum atomic E-state index is -0.590. The zero-order valence-electron chi connectivity index (χ0n) is 19.0. The second-order valence-corrected chi connectivity index (χ2v) is 7.11. The first kappa shape index (κ1) is 22.7. The van der Waals surface area contributed by atoms with Crippen molar-refractivity contribution in [2.45, 2.75) is 0 Å². The summed E-state index contributed by atoms with van der Waals surface area (Å²) < 4.78 is 32.6. The van der Waals surface area contributed by atoms with E-state index in [0.717, 1.165) is 0 Å². The Morgan fingerprint density at radius 3 is 2.26 bits per heavy atom. The minimum absolute atomic E-state index is 0.0914.